The van der Waals surface area contributed by atoms with E-state index in [9.17, 15) is 0 Å². The Morgan fingerprint density at radius 1 is 0.885 bits per heavy atom. The van der Waals surface area contributed by atoms with E-state index in [-0.39, 0.29) is 0 Å². The van der Waals surface area contributed by atoms with Crippen molar-refractivity contribution in [3.05, 3.63) is 84.2 Å². The maximum absolute atomic E-state index is 2.35. The molecule has 2 aromatic heterocycles. The van der Waals surface area contributed by atoms with Crippen molar-refractivity contribution in [3.8, 4) is 17.1 Å². The average Bonchev–Trinajstić information content (AvgIpc) is 3.02. The molecule has 2 heterocycles. The lowest BCUT2D eigenvalue weighted by Gasteiger charge is -2.17. The van der Waals surface area contributed by atoms with Crippen LogP contribution in [-0.4, -0.2) is 4.57 Å². The van der Waals surface area contributed by atoms with Crippen LogP contribution in [0.1, 0.15) is 30.9 Å². The van der Waals surface area contributed by atoms with Gasteiger partial charge in [-0.2, -0.15) is 4.57 Å². The van der Waals surface area contributed by atoms with Gasteiger partial charge in [0.1, 0.15) is 12.7 Å². The van der Waals surface area contributed by atoms with Gasteiger partial charge in [0, 0.05) is 18.0 Å². The van der Waals surface area contributed by atoms with Crippen molar-refractivity contribution in [2.75, 3.05) is 0 Å². The summed E-state index contributed by atoms with van der Waals surface area (Å²) in [6.07, 6.45) is 4.36. The Morgan fingerprint density at radius 2 is 1.62 bits per heavy atom. The molecular weight excluding hydrogens is 316 g/mol. The lowest BCUT2D eigenvalue weighted by atomic mass is 10.0. The highest BCUT2D eigenvalue weighted by atomic mass is 15.0. The summed E-state index contributed by atoms with van der Waals surface area (Å²) in [4.78, 5) is 0. The highest BCUT2D eigenvalue weighted by molar-refractivity contribution is 5.93. The second-order valence-corrected chi connectivity index (χ2v) is 7.29. The van der Waals surface area contributed by atoms with Gasteiger partial charge in [0.15, 0.2) is 6.20 Å². The summed E-state index contributed by atoms with van der Waals surface area (Å²) < 4.78 is 4.59. The molecule has 26 heavy (non-hydrogen) atoms. The van der Waals surface area contributed by atoms with Crippen molar-refractivity contribution in [2.45, 2.75) is 26.7 Å². The Balaban J connectivity index is 2.06. The van der Waals surface area contributed by atoms with Crippen molar-refractivity contribution in [1.29, 1.82) is 0 Å². The standard InChI is InChI=1S/C24H25N2/c1-17(2)20-10-7-8-12-22(20)26-16-13-18(3)23(26)24-21-11-6-5-9-19(21)14-15-25(24)4/h5-17H,1-4H3/q+1. The van der Waals surface area contributed by atoms with Crippen molar-refractivity contribution >= 4 is 10.8 Å². The fourth-order valence-electron chi connectivity index (χ4n) is 3.84. The van der Waals surface area contributed by atoms with Gasteiger partial charge in [-0.15, -0.1) is 0 Å². The van der Waals surface area contributed by atoms with E-state index in [0.29, 0.717) is 5.92 Å². The fraction of sp³-hybridized carbons (Fsp3) is 0.208. The summed E-state index contributed by atoms with van der Waals surface area (Å²) in [5.74, 6) is 0.475. The summed E-state index contributed by atoms with van der Waals surface area (Å²) in [5.41, 5.74) is 6.43. The molecule has 4 rings (SSSR count). The van der Waals surface area contributed by atoms with Crippen molar-refractivity contribution < 1.29 is 4.57 Å². The molecule has 2 aromatic carbocycles. The molecule has 0 spiro atoms. The number of pyridine rings is 1. The molecule has 0 amide bonds. The zero-order valence-corrected chi connectivity index (χ0v) is 15.9. The minimum Gasteiger partial charge on any atom is -0.311 e. The summed E-state index contributed by atoms with van der Waals surface area (Å²) in [7, 11) is 2.13. The van der Waals surface area contributed by atoms with Crippen molar-refractivity contribution in [2.24, 2.45) is 7.05 Å². The summed E-state index contributed by atoms with van der Waals surface area (Å²) >= 11 is 0. The monoisotopic (exact) mass is 341 g/mol. The minimum absolute atomic E-state index is 0.475. The van der Waals surface area contributed by atoms with Gasteiger partial charge in [-0.1, -0.05) is 50.2 Å². The molecule has 2 nitrogen and oxygen atoms in total. The zero-order valence-electron chi connectivity index (χ0n) is 15.9. The molecule has 0 unspecified atom stereocenters. The van der Waals surface area contributed by atoms with Crippen LogP contribution in [0.4, 0.5) is 0 Å². The smallest absolute Gasteiger partial charge is 0.237 e. The largest absolute Gasteiger partial charge is 0.311 e. The quantitative estimate of drug-likeness (QED) is 0.432. The van der Waals surface area contributed by atoms with Crippen LogP contribution in [0.2, 0.25) is 0 Å². The first kappa shape index (κ1) is 16.6. The van der Waals surface area contributed by atoms with Gasteiger partial charge >= 0.3 is 0 Å². The number of para-hydroxylation sites is 1. The lowest BCUT2D eigenvalue weighted by molar-refractivity contribution is -0.659. The SMILES string of the molecule is Cc1ccn(-c2ccccc2C(C)C)c1-c1c2ccccc2cc[n+]1C. The van der Waals surface area contributed by atoms with Crippen LogP contribution in [0.3, 0.4) is 0 Å². The summed E-state index contributed by atoms with van der Waals surface area (Å²) in [6.45, 7) is 6.71. The minimum atomic E-state index is 0.475. The molecule has 130 valence electrons. The maximum Gasteiger partial charge on any atom is 0.237 e. The lowest BCUT2D eigenvalue weighted by Crippen LogP contribution is -2.31. The average molecular weight is 341 g/mol. The number of hydrogen-bond acceptors (Lipinski definition) is 0. The van der Waals surface area contributed by atoms with Crippen LogP contribution in [0.5, 0.6) is 0 Å². The Morgan fingerprint density at radius 3 is 2.42 bits per heavy atom. The van der Waals surface area contributed by atoms with E-state index in [1.54, 1.807) is 0 Å². The van der Waals surface area contributed by atoms with Crippen LogP contribution < -0.4 is 4.57 Å². The number of aromatic nitrogens is 2. The first-order chi connectivity index (χ1) is 12.6. The van der Waals surface area contributed by atoms with Gasteiger partial charge in [-0.05, 0) is 47.6 Å². The van der Waals surface area contributed by atoms with Gasteiger partial charge < -0.3 is 4.57 Å². The van der Waals surface area contributed by atoms with E-state index in [2.05, 4.69) is 110 Å². The number of nitrogens with zero attached hydrogens (tertiary/aromatic N) is 2. The van der Waals surface area contributed by atoms with E-state index in [1.165, 1.54) is 39.0 Å². The van der Waals surface area contributed by atoms with Crippen LogP contribution in [0.15, 0.2) is 73.1 Å². The van der Waals surface area contributed by atoms with E-state index in [4.69, 9.17) is 0 Å². The number of benzene rings is 2. The molecule has 0 radical (unpaired) electrons. The topological polar surface area (TPSA) is 8.81 Å². The molecule has 0 saturated carbocycles. The zero-order chi connectivity index (χ0) is 18.3. The predicted molar refractivity (Wildman–Crippen MR) is 109 cm³/mol. The number of aryl methyl sites for hydroxylation is 2. The van der Waals surface area contributed by atoms with Crippen LogP contribution in [0.25, 0.3) is 27.8 Å². The van der Waals surface area contributed by atoms with E-state index >= 15 is 0 Å². The predicted octanol–water partition coefficient (Wildman–Crippen LogP) is 5.55. The van der Waals surface area contributed by atoms with Gasteiger partial charge in [-0.25, -0.2) is 0 Å². The third kappa shape index (κ3) is 2.62. The van der Waals surface area contributed by atoms with Crippen LogP contribution >= 0.6 is 0 Å². The van der Waals surface area contributed by atoms with Crippen LogP contribution in [0, 0.1) is 6.92 Å². The van der Waals surface area contributed by atoms with Gasteiger partial charge in [-0.3, -0.25) is 0 Å². The normalized spacial score (nSPS) is 11.4. The van der Waals surface area contributed by atoms with Gasteiger partial charge in [0.25, 0.3) is 0 Å². The Kier molecular flexibility index (Phi) is 4.12. The van der Waals surface area contributed by atoms with E-state index < -0.39 is 0 Å². The first-order valence-electron chi connectivity index (χ1n) is 9.23. The third-order valence-electron chi connectivity index (χ3n) is 5.18. The second-order valence-electron chi connectivity index (χ2n) is 7.29. The fourth-order valence-corrected chi connectivity index (χ4v) is 3.84. The molecule has 2 heteroatoms. The molecule has 0 fully saturated rings. The molecule has 4 aromatic rings. The Labute approximate surface area is 155 Å². The second kappa shape index (κ2) is 6.45. The Bertz CT molecular complexity index is 1090. The number of fused-ring (bicyclic) bond motifs is 1. The molecule has 0 aliphatic carbocycles. The molecule has 0 N–H and O–H groups in total. The molecule has 0 saturated heterocycles. The van der Waals surface area contributed by atoms with Gasteiger partial charge in [0.2, 0.25) is 5.69 Å². The number of hydrogen-bond donors (Lipinski definition) is 0. The maximum atomic E-state index is 2.35. The number of rotatable bonds is 3. The summed E-state index contributed by atoms with van der Waals surface area (Å²) in [5, 5.41) is 2.55. The third-order valence-corrected chi connectivity index (χ3v) is 5.18. The molecule has 0 bridgehead atoms. The van der Waals surface area contributed by atoms with E-state index in [1.807, 2.05) is 0 Å². The highest BCUT2D eigenvalue weighted by Crippen LogP contribution is 2.33. The molecule has 0 aliphatic rings. The first-order valence-corrected chi connectivity index (χ1v) is 9.23. The van der Waals surface area contributed by atoms with E-state index in [0.717, 1.165) is 0 Å². The van der Waals surface area contributed by atoms with Gasteiger partial charge in [0.05, 0.1) is 5.39 Å². The molecular formula is C24H25N2+. The van der Waals surface area contributed by atoms with Crippen molar-refractivity contribution in [1.82, 2.24) is 4.57 Å². The van der Waals surface area contributed by atoms with Crippen molar-refractivity contribution in [3.63, 3.8) is 0 Å². The Hall–Kier alpha value is -2.87. The highest BCUT2D eigenvalue weighted by Gasteiger charge is 2.22. The molecule has 0 atom stereocenters. The van der Waals surface area contributed by atoms with Crippen LogP contribution in [-0.2, 0) is 7.05 Å². The summed E-state index contributed by atoms with van der Waals surface area (Å²) in [6, 6.07) is 21.8. The molecule has 0 aliphatic heterocycles.